The fourth-order valence-electron chi connectivity index (χ4n) is 1.53. The van der Waals surface area contributed by atoms with E-state index < -0.39 is 0 Å². The van der Waals surface area contributed by atoms with E-state index in [1.54, 1.807) is 6.07 Å². The largest absolute Gasteiger partial charge is 0.253 e. The minimum atomic E-state index is -0.255. The standard InChI is InChI=1S/C11H9ClFN/c1-7-4-8(6-12)10-5-9(13)2-3-11(10)14-7/h2-5H,6H2,1H3. The van der Waals surface area contributed by atoms with Gasteiger partial charge in [0.2, 0.25) is 0 Å². The summed E-state index contributed by atoms with van der Waals surface area (Å²) >= 11 is 5.78. The summed E-state index contributed by atoms with van der Waals surface area (Å²) in [6, 6.07) is 6.44. The molecule has 0 atom stereocenters. The summed E-state index contributed by atoms with van der Waals surface area (Å²) in [4.78, 5) is 4.30. The molecule has 0 aliphatic rings. The Balaban J connectivity index is 2.81. The first-order valence-corrected chi connectivity index (χ1v) is 4.86. The number of pyridine rings is 1. The zero-order valence-corrected chi connectivity index (χ0v) is 8.48. The van der Waals surface area contributed by atoms with Crippen LogP contribution in [0.1, 0.15) is 11.3 Å². The van der Waals surface area contributed by atoms with E-state index in [4.69, 9.17) is 11.6 Å². The third-order valence-electron chi connectivity index (χ3n) is 2.13. The van der Waals surface area contributed by atoms with Gasteiger partial charge in [-0.25, -0.2) is 4.39 Å². The fraction of sp³-hybridized carbons (Fsp3) is 0.182. The van der Waals surface area contributed by atoms with Gasteiger partial charge in [0, 0.05) is 17.0 Å². The van der Waals surface area contributed by atoms with Gasteiger partial charge in [-0.3, -0.25) is 4.98 Å². The van der Waals surface area contributed by atoms with Crippen LogP contribution < -0.4 is 0 Å². The quantitative estimate of drug-likeness (QED) is 0.656. The van der Waals surface area contributed by atoms with Gasteiger partial charge >= 0.3 is 0 Å². The number of fused-ring (bicyclic) bond motifs is 1. The predicted octanol–water partition coefficient (Wildman–Crippen LogP) is 3.42. The molecule has 0 fully saturated rings. The monoisotopic (exact) mass is 209 g/mol. The van der Waals surface area contributed by atoms with Gasteiger partial charge in [-0.15, -0.1) is 11.6 Å². The molecule has 0 N–H and O–H groups in total. The van der Waals surface area contributed by atoms with Crippen LogP contribution in [0.5, 0.6) is 0 Å². The van der Waals surface area contributed by atoms with Crippen molar-refractivity contribution >= 4 is 22.5 Å². The van der Waals surface area contributed by atoms with Gasteiger partial charge < -0.3 is 0 Å². The molecular formula is C11H9ClFN. The van der Waals surface area contributed by atoms with Crippen molar-refractivity contribution in [2.24, 2.45) is 0 Å². The SMILES string of the molecule is Cc1cc(CCl)c2cc(F)ccc2n1. The van der Waals surface area contributed by atoms with Gasteiger partial charge in [0.1, 0.15) is 5.82 Å². The van der Waals surface area contributed by atoms with Crippen LogP contribution in [0.3, 0.4) is 0 Å². The molecular weight excluding hydrogens is 201 g/mol. The van der Waals surface area contributed by atoms with Crippen LogP contribution in [-0.4, -0.2) is 4.98 Å². The third kappa shape index (κ3) is 1.58. The Hall–Kier alpha value is -1.15. The highest BCUT2D eigenvalue weighted by molar-refractivity contribution is 6.18. The van der Waals surface area contributed by atoms with E-state index in [1.807, 2.05) is 13.0 Å². The molecule has 2 aromatic rings. The molecule has 72 valence electrons. The molecule has 0 aliphatic carbocycles. The van der Waals surface area contributed by atoms with E-state index in [2.05, 4.69) is 4.98 Å². The zero-order valence-electron chi connectivity index (χ0n) is 7.72. The van der Waals surface area contributed by atoms with Gasteiger partial charge in [-0.2, -0.15) is 0 Å². The number of rotatable bonds is 1. The zero-order chi connectivity index (χ0) is 10.1. The van der Waals surface area contributed by atoms with Gasteiger partial charge in [-0.1, -0.05) is 0 Å². The van der Waals surface area contributed by atoms with Crippen LogP contribution in [0.25, 0.3) is 10.9 Å². The predicted molar refractivity (Wildman–Crippen MR) is 56.0 cm³/mol. The topological polar surface area (TPSA) is 12.9 Å². The van der Waals surface area contributed by atoms with Crippen molar-refractivity contribution in [3.8, 4) is 0 Å². The number of hydrogen-bond acceptors (Lipinski definition) is 1. The second-order valence-corrected chi connectivity index (χ2v) is 3.49. The van der Waals surface area contributed by atoms with Gasteiger partial charge in [0.05, 0.1) is 5.52 Å². The number of aryl methyl sites for hydroxylation is 1. The molecule has 0 amide bonds. The van der Waals surface area contributed by atoms with Crippen molar-refractivity contribution in [3.63, 3.8) is 0 Å². The van der Waals surface area contributed by atoms with E-state index in [0.29, 0.717) is 5.88 Å². The smallest absolute Gasteiger partial charge is 0.123 e. The van der Waals surface area contributed by atoms with E-state index in [9.17, 15) is 4.39 Å². The summed E-state index contributed by atoms with van der Waals surface area (Å²) in [5.74, 6) is 0.123. The number of halogens is 2. The van der Waals surface area contributed by atoms with E-state index >= 15 is 0 Å². The third-order valence-corrected chi connectivity index (χ3v) is 2.42. The van der Waals surface area contributed by atoms with Crippen LogP contribution in [-0.2, 0) is 5.88 Å². The highest BCUT2D eigenvalue weighted by atomic mass is 35.5. The Morgan fingerprint density at radius 3 is 2.86 bits per heavy atom. The van der Waals surface area contributed by atoms with Gasteiger partial charge in [0.15, 0.2) is 0 Å². The minimum Gasteiger partial charge on any atom is -0.253 e. The molecule has 0 spiro atoms. The van der Waals surface area contributed by atoms with Crippen molar-refractivity contribution in [1.29, 1.82) is 0 Å². The Labute approximate surface area is 86.5 Å². The first-order chi connectivity index (χ1) is 6.70. The number of aromatic nitrogens is 1. The normalized spacial score (nSPS) is 10.8. The maximum Gasteiger partial charge on any atom is 0.123 e. The lowest BCUT2D eigenvalue weighted by molar-refractivity contribution is 0.629. The summed E-state index contributed by atoms with van der Waals surface area (Å²) in [6.07, 6.45) is 0. The number of nitrogens with zero attached hydrogens (tertiary/aromatic N) is 1. The molecule has 0 radical (unpaired) electrons. The van der Waals surface area contributed by atoms with Crippen molar-refractivity contribution in [3.05, 3.63) is 41.3 Å². The summed E-state index contributed by atoms with van der Waals surface area (Å²) < 4.78 is 13.0. The summed E-state index contributed by atoms with van der Waals surface area (Å²) in [6.45, 7) is 1.90. The van der Waals surface area contributed by atoms with Crippen LogP contribution in [0, 0.1) is 12.7 Å². The molecule has 0 aliphatic heterocycles. The summed E-state index contributed by atoms with van der Waals surface area (Å²) in [5.41, 5.74) is 2.62. The minimum absolute atomic E-state index is 0.255. The van der Waals surface area contributed by atoms with Crippen LogP contribution in [0.2, 0.25) is 0 Å². The highest BCUT2D eigenvalue weighted by Gasteiger charge is 2.03. The average Bonchev–Trinajstić information content (AvgIpc) is 2.17. The molecule has 1 nitrogen and oxygen atoms in total. The van der Waals surface area contributed by atoms with Gasteiger partial charge in [0.25, 0.3) is 0 Å². The maximum atomic E-state index is 13.0. The summed E-state index contributed by atoms with van der Waals surface area (Å²) in [5, 5.41) is 0.797. The molecule has 0 unspecified atom stereocenters. The molecule has 1 heterocycles. The van der Waals surface area contributed by atoms with E-state index in [0.717, 1.165) is 22.2 Å². The Kier molecular flexibility index (Phi) is 2.38. The second-order valence-electron chi connectivity index (χ2n) is 3.22. The lowest BCUT2D eigenvalue weighted by atomic mass is 10.1. The van der Waals surface area contributed by atoms with E-state index in [-0.39, 0.29) is 5.82 Å². The van der Waals surface area contributed by atoms with Gasteiger partial charge in [-0.05, 0) is 36.8 Å². The molecule has 1 aromatic heterocycles. The first kappa shape index (κ1) is 9.41. The Morgan fingerprint density at radius 1 is 1.36 bits per heavy atom. The van der Waals surface area contributed by atoms with Crippen molar-refractivity contribution in [2.45, 2.75) is 12.8 Å². The molecule has 2 rings (SSSR count). The maximum absolute atomic E-state index is 13.0. The Bertz CT molecular complexity index is 482. The van der Waals surface area contributed by atoms with Crippen molar-refractivity contribution in [2.75, 3.05) is 0 Å². The molecule has 0 bridgehead atoms. The second kappa shape index (κ2) is 3.54. The van der Waals surface area contributed by atoms with Crippen LogP contribution in [0.15, 0.2) is 24.3 Å². The average molecular weight is 210 g/mol. The fourth-order valence-corrected chi connectivity index (χ4v) is 1.75. The highest BCUT2D eigenvalue weighted by Crippen LogP contribution is 2.20. The summed E-state index contributed by atoms with van der Waals surface area (Å²) in [7, 11) is 0. The molecule has 0 saturated carbocycles. The number of hydrogen-bond donors (Lipinski definition) is 0. The molecule has 3 heteroatoms. The van der Waals surface area contributed by atoms with Crippen molar-refractivity contribution < 1.29 is 4.39 Å². The molecule has 14 heavy (non-hydrogen) atoms. The van der Waals surface area contributed by atoms with Crippen LogP contribution >= 0.6 is 11.6 Å². The van der Waals surface area contributed by atoms with Crippen LogP contribution in [0.4, 0.5) is 4.39 Å². The lowest BCUT2D eigenvalue weighted by Gasteiger charge is -2.04. The number of benzene rings is 1. The van der Waals surface area contributed by atoms with E-state index in [1.165, 1.54) is 12.1 Å². The first-order valence-electron chi connectivity index (χ1n) is 4.32. The molecule has 0 saturated heterocycles. The lowest BCUT2D eigenvalue weighted by Crippen LogP contribution is -1.90. The van der Waals surface area contributed by atoms with Crippen molar-refractivity contribution in [1.82, 2.24) is 4.98 Å². The molecule has 1 aromatic carbocycles. The Morgan fingerprint density at radius 2 is 2.14 bits per heavy atom. The number of alkyl halides is 1.